The highest BCUT2D eigenvalue weighted by molar-refractivity contribution is 6.35. The molecule has 0 aliphatic rings. The second kappa shape index (κ2) is 5.55. The lowest BCUT2D eigenvalue weighted by Crippen LogP contribution is -2.07. The van der Waals surface area contributed by atoms with E-state index < -0.39 is 11.8 Å². The van der Waals surface area contributed by atoms with Crippen LogP contribution in [0.4, 0.5) is 4.39 Å². The Balaban J connectivity index is 2.69. The van der Waals surface area contributed by atoms with E-state index >= 15 is 0 Å². The van der Waals surface area contributed by atoms with E-state index in [9.17, 15) is 9.18 Å². The lowest BCUT2D eigenvalue weighted by atomic mass is 10.0. The van der Waals surface area contributed by atoms with Crippen LogP contribution in [-0.2, 0) is 4.74 Å². The molecule has 3 nitrogen and oxygen atoms in total. The van der Waals surface area contributed by atoms with E-state index in [2.05, 4.69) is 9.72 Å². The third kappa shape index (κ3) is 2.85. The van der Waals surface area contributed by atoms with Crippen LogP contribution in [0.1, 0.15) is 10.5 Å². The van der Waals surface area contributed by atoms with Gasteiger partial charge in [0.2, 0.25) is 0 Å². The summed E-state index contributed by atoms with van der Waals surface area (Å²) in [5, 5.41) is 0.751. The van der Waals surface area contributed by atoms with Gasteiger partial charge in [-0.25, -0.2) is 14.2 Å². The second-order valence-electron chi connectivity index (χ2n) is 3.67. The predicted octanol–water partition coefficient (Wildman–Crippen LogP) is 3.98. The zero-order valence-corrected chi connectivity index (χ0v) is 11.3. The Morgan fingerprint density at radius 3 is 2.68 bits per heavy atom. The molecule has 0 radical (unpaired) electrons. The van der Waals surface area contributed by atoms with Gasteiger partial charge in [0.1, 0.15) is 5.82 Å². The van der Waals surface area contributed by atoms with Crippen molar-refractivity contribution in [1.29, 1.82) is 0 Å². The lowest BCUT2D eigenvalue weighted by molar-refractivity contribution is 0.0595. The van der Waals surface area contributed by atoms with E-state index in [1.165, 1.54) is 13.2 Å². The van der Waals surface area contributed by atoms with Crippen molar-refractivity contribution in [2.24, 2.45) is 0 Å². The Bertz CT molecular complexity index is 647. The Hall–Kier alpha value is -1.65. The molecule has 0 spiro atoms. The normalized spacial score (nSPS) is 10.3. The van der Waals surface area contributed by atoms with Crippen LogP contribution in [0, 0.1) is 5.82 Å². The molecule has 0 saturated carbocycles. The molecule has 19 heavy (non-hydrogen) atoms. The number of hydrogen-bond acceptors (Lipinski definition) is 3. The van der Waals surface area contributed by atoms with E-state index in [1.54, 1.807) is 12.1 Å². The maximum atomic E-state index is 13.3. The number of esters is 1. The number of halogens is 3. The minimum atomic E-state index is -0.675. The van der Waals surface area contributed by atoms with Gasteiger partial charge < -0.3 is 4.74 Å². The first-order valence-electron chi connectivity index (χ1n) is 5.22. The van der Waals surface area contributed by atoms with Crippen molar-refractivity contribution < 1.29 is 13.9 Å². The van der Waals surface area contributed by atoms with Crippen LogP contribution in [0.25, 0.3) is 11.1 Å². The molecule has 0 amide bonds. The first-order valence-corrected chi connectivity index (χ1v) is 5.98. The Labute approximate surface area is 118 Å². The molecule has 0 aliphatic heterocycles. The number of pyridine rings is 1. The Morgan fingerprint density at radius 1 is 1.26 bits per heavy atom. The highest BCUT2D eigenvalue weighted by Crippen LogP contribution is 2.32. The quantitative estimate of drug-likeness (QED) is 0.787. The minimum Gasteiger partial charge on any atom is -0.464 e. The smallest absolute Gasteiger partial charge is 0.357 e. The number of benzene rings is 1. The zero-order chi connectivity index (χ0) is 14.0. The number of carbonyl (C=O) groups is 1. The maximum Gasteiger partial charge on any atom is 0.357 e. The maximum absolute atomic E-state index is 13.3. The average molecular weight is 300 g/mol. The van der Waals surface area contributed by atoms with Crippen molar-refractivity contribution in [3.8, 4) is 11.1 Å². The molecule has 1 heterocycles. The fraction of sp³-hybridized carbons (Fsp3) is 0.0769. The summed E-state index contributed by atoms with van der Waals surface area (Å²) >= 11 is 11.9. The summed E-state index contributed by atoms with van der Waals surface area (Å²) in [5.74, 6) is -1.26. The molecule has 0 saturated heterocycles. The van der Waals surface area contributed by atoms with Crippen LogP contribution in [0.15, 0.2) is 30.5 Å². The van der Waals surface area contributed by atoms with Crippen LogP contribution in [-0.4, -0.2) is 18.1 Å². The van der Waals surface area contributed by atoms with Gasteiger partial charge in [-0.15, -0.1) is 0 Å². The zero-order valence-electron chi connectivity index (χ0n) is 9.78. The summed E-state index contributed by atoms with van der Waals surface area (Å²) in [4.78, 5) is 15.4. The summed E-state index contributed by atoms with van der Waals surface area (Å²) in [6.45, 7) is 0. The SMILES string of the molecule is COC(=O)c1ncc(F)cc1-c1cc(Cl)ccc1Cl. The number of methoxy groups -OCH3 is 1. The van der Waals surface area contributed by atoms with Crippen LogP contribution < -0.4 is 0 Å². The van der Waals surface area contributed by atoms with Gasteiger partial charge >= 0.3 is 5.97 Å². The summed E-state index contributed by atoms with van der Waals surface area (Å²) < 4.78 is 18.0. The molecule has 0 unspecified atom stereocenters. The Kier molecular flexibility index (Phi) is 4.02. The van der Waals surface area contributed by atoms with Gasteiger partial charge in [-0.3, -0.25) is 0 Å². The number of carbonyl (C=O) groups excluding carboxylic acids is 1. The van der Waals surface area contributed by atoms with Gasteiger partial charge in [0.25, 0.3) is 0 Å². The minimum absolute atomic E-state index is 0.0203. The number of nitrogens with zero attached hydrogens (tertiary/aromatic N) is 1. The highest BCUT2D eigenvalue weighted by atomic mass is 35.5. The standard InChI is InChI=1S/C13H8Cl2FNO2/c1-19-13(18)12-10(5-8(16)6-17-12)9-4-7(14)2-3-11(9)15/h2-6H,1H3. The molecule has 6 heteroatoms. The third-order valence-electron chi connectivity index (χ3n) is 2.45. The molecule has 0 aliphatic carbocycles. The molecule has 2 rings (SSSR count). The summed E-state index contributed by atoms with van der Waals surface area (Å²) in [7, 11) is 1.22. The fourth-order valence-electron chi connectivity index (χ4n) is 1.61. The van der Waals surface area contributed by atoms with Gasteiger partial charge in [0, 0.05) is 21.2 Å². The van der Waals surface area contributed by atoms with Crippen molar-refractivity contribution in [2.75, 3.05) is 7.11 Å². The number of rotatable bonds is 2. The number of ether oxygens (including phenoxy) is 1. The van der Waals surface area contributed by atoms with Gasteiger partial charge in [-0.1, -0.05) is 23.2 Å². The van der Waals surface area contributed by atoms with Crippen LogP contribution in [0.5, 0.6) is 0 Å². The lowest BCUT2D eigenvalue weighted by Gasteiger charge is -2.09. The molecule has 1 aromatic carbocycles. The molecule has 98 valence electrons. The van der Waals surface area contributed by atoms with Gasteiger partial charge in [0.05, 0.1) is 13.3 Å². The predicted molar refractivity (Wildman–Crippen MR) is 71.0 cm³/mol. The van der Waals surface area contributed by atoms with Crippen molar-refractivity contribution in [3.05, 3.63) is 52.0 Å². The first-order chi connectivity index (χ1) is 9.02. The molecular formula is C13H8Cl2FNO2. The van der Waals surface area contributed by atoms with E-state index in [4.69, 9.17) is 23.2 Å². The summed E-state index contributed by atoms with van der Waals surface area (Å²) in [6.07, 6.45) is 0.939. The monoisotopic (exact) mass is 299 g/mol. The van der Waals surface area contributed by atoms with Gasteiger partial charge in [-0.05, 0) is 24.3 Å². The van der Waals surface area contributed by atoms with Crippen LogP contribution in [0.3, 0.4) is 0 Å². The molecular weight excluding hydrogens is 292 g/mol. The third-order valence-corrected chi connectivity index (χ3v) is 3.02. The van der Waals surface area contributed by atoms with Crippen molar-refractivity contribution in [1.82, 2.24) is 4.98 Å². The van der Waals surface area contributed by atoms with E-state index in [0.717, 1.165) is 12.3 Å². The summed E-state index contributed by atoms with van der Waals surface area (Å²) in [5.41, 5.74) is 0.633. The van der Waals surface area contributed by atoms with E-state index in [-0.39, 0.29) is 11.3 Å². The van der Waals surface area contributed by atoms with E-state index in [1.807, 2.05) is 0 Å². The van der Waals surface area contributed by atoms with Crippen LogP contribution >= 0.6 is 23.2 Å². The van der Waals surface area contributed by atoms with Crippen molar-refractivity contribution in [2.45, 2.75) is 0 Å². The van der Waals surface area contributed by atoms with Crippen LogP contribution in [0.2, 0.25) is 10.0 Å². The highest BCUT2D eigenvalue weighted by Gasteiger charge is 2.18. The molecule has 0 fully saturated rings. The van der Waals surface area contributed by atoms with E-state index in [0.29, 0.717) is 15.6 Å². The number of hydrogen-bond donors (Lipinski definition) is 0. The average Bonchev–Trinajstić information content (AvgIpc) is 2.40. The number of aromatic nitrogens is 1. The molecule has 2 aromatic rings. The molecule has 1 aromatic heterocycles. The largest absolute Gasteiger partial charge is 0.464 e. The second-order valence-corrected chi connectivity index (χ2v) is 4.51. The first kappa shape index (κ1) is 13.8. The molecule has 0 N–H and O–H groups in total. The van der Waals surface area contributed by atoms with Gasteiger partial charge in [0.15, 0.2) is 5.69 Å². The van der Waals surface area contributed by atoms with Crippen molar-refractivity contribution in [3.63, 3.8) is 0 Å². The fourth-order valence-corrected chi connectivity index (χ4v) is 2.00. The van der Waals surface area contributed by atoms with Crippen molar-refractivity contribution >= 4 is 29.2 Å². The Morgan fingerprint density at radius 2 is 2.00 bits per heavy atom. The summed E-state index contributed by atoms with van der Waals surface area (Å²) in [6, 6.07) is 5.85. The van der Waals surface area contributed by atoms with Gasteiger partial charge in [-0.2, -0.15) is 0 Å². The molecule has 0 atom stereocenters. The topological polar surface area (TPSA) is 39.2 Å². The molecule has 0 bridgehead atoms.